The Hall–Kier alpha value is -1.77. The fourth-order valence-electron chi connectivity index (χ4n) is 2.40. The molecule has 0 aromatic carbocycles. The van der Waals surface area contributed by atoms with Crippen LogP contribution in [-0.4, -0.2) is 62.9 Å². The van der Waals surface area contributed by atoms with E-state index in [1.807, 2.05) is 6.92 Å². The van der Waals surface area contributed by atoms with Gasteiger partial charge in [0.25, 0.3) is 0 Å². The number of aliphatic hydroxyl groups excluding tert-OH is 1. The molecule has 1 aromatic rings. The van der Waals surface area contributed by atoms with Crippen molar-refractivity contribution in [3.63, 3.8) is 0 Å². The van der Waals surface area contributed by atoms with Crippen LogP contribution < -0.4 is 5.69 Å². The van der Waals surface area contributed by atoms with Gasteiger partial charge in [0.1, 0.15) is 11.7 Å². The maximum atomic E-state index is 12.2. The van der Waals surface area contributed by atoms with Crippen LogP contribution in [0.1, 0.15) is 26.5 Å². The summed E-state index contributed by atoms with van der Waals surface area (Å²) in [6, 6.07) is 1.55. The van der Waals surface area contributed by atoms with Crippen LogP contribution in [0.4, 0.5) is 5.82 Å². The molecule has 1 aliphatic rings. The molecule has 1 aromatic heterocycles. The van der Waals surface area contributed by atoms with Crippen LogP contribution in [0.25, 0.3) is 0 Å². The zero-order chi connectivity index (χ0) is 16.5. The number of aromatic nitrogens is 2. The molecule has 0 amide bonds. The minimum absolute atomic E-state index is 0.264. The molecule has 4 atom stereocenters. The molecule has 2 unspecified atom stereocenters. The summed E-state index contributed by atoms with van der Waals surface area (Å²) in [6.45, 7) is 3.29. The van der Waals surface area contributed by atoms with Crippen molar-refractivity contribution in [1.82, 2.24) is 14.5 Å². The fourth-order valence-corrected chi connectivity index (χ4v) is 2.40. The predicted octanol–water partition coefficient (Wildman–Crippen LogP) is -0.116. The van der Waals surface area contributed by atoms with Crippen molar-refractivity contribution < 1.29 is 14.9 Å². The number of ether oxygens (including phenoxy) is 1. The smallest absolute Gasteiger partial charge is 0.351 e. The highest BCUT2D eigenvalue weighted by Crippen LogP contribution is 2.38. The lowest BCUT2D eigenvalue weighted by molar-refractivity contribution is -0.0975. The van der Waals surface area contributed by atoms with Gasteiger partial charge in [0.2, 0.25) is 0 Å². The summed E-state index contributed by atoms with van der Waals surface area (Å²) in [6.07, 6.45) is 0.937. The monoisotopic (exact) mass is 310 g/mol. The molecule has 0 aliphatic carbocycles. The van der Waals surface area contributed by atoms with Crippen molar-refractivity contribution in [1.29, 1.82) is 0 Å². The summed E-state index contributed by atoms with van der Waals surface area (Å²) in [4.78, 5) is 21.8. The largest absolute Gasteiger partial charge is 0.387 e. The maximum absolute atomic E-state index is 12.2. The number of aliphatic imine (C=N–C) groups is 1. The molecule has 8 nitrogen and oxygen atoms in total. The van der Waals surface area contributed by atoms with Gasteiger partial charge in [0.05, 0.1) is 12.4 Å². The molecule has 2 N–H and O–H groups in total. The lowest BCUT2D eigenvalue weighted by Gasteiger charge is -2.27. The Morgan fingerprint density at radius 3 is 2.77 bits per heavy atom. The SMILES string of the molecule is CC[C@H]1O[C@@H](n2ccc(N=CN(C)C)nc2=O)C(C)(O)C1O. The van der Waals surface area contributed by atoms with E-state index in [-0.39, 0.29) is 5.82 Å². The van der Waals surface area contributed by atoms with Crippen molar-refractivity contribution in [2.45, 2.75) is 44.3 Å². The first kappa shape index (κ1) is 16.6. The van der Waals surface area contributed by atoms with Crippen LogP contribution in [0, 0.1) is 0 Å². The predicted molar refractivity (Wildman–Crippen MR) is 81.2 cm³/mol. The number of rotatable bonds is 4. The molecular weight excluding hydrogens is 288 g/mol. The molecule has 8 heteroatoms. The molecule has 1 saturated heterocycles. The maximum Gasteiger partial charge on any atom is 0.351 e. The van der Waals surface area contributed by atoms with Gasteiger partial charge >= 0.3 is 5.69 Å². The van der Waals surface area contributed by atoms with E-state index >= 15 is 0 Å². The van der Waals surface area contributed by atoms with E-state index in [1.54, 1.807) is 25.1 Å². The molecule has 0 bridgehead atoms. The minimum atomic E-state index is -1.57. The average molecular weight is 310 g/mol. The molecule has 2 rings (SSSR count). The second-order valence-electron chi connectivity index (χ2n) is 5.79. The lowest BCUT2D eigenvalue weighted by Crippen LogP contribution is -2.45. The first-order valence-electron chi connectivity index (χ1n) is 7.13. The highest BCUT2D eigenvalue weighted by molar-refractivity contribution is 5.58. The highest BCUT2D eigenvalue weighted by atomic mass is 16.6. The Morgan fingerprint density at radius 1 is 1.59 bits per heavy atom. The van der Waals surface area contributed by atoms with Gasteiger partial charge < -0.3 is 19.8 Å². The third-order valence-electron chi connectivity index (χ3n) is 3.65. The van der Waals surface area contributed by atoms with E-state index in [2.05, 4.69) is 9.98 Å². The molecule has 0 spiro atoms. The van der Waals surface area contributed by atoms with Crippen molar-refractivity contribution in [2.75, 3.05) is 14.1 Å². The normalized spacial score (nSPS) is 31.8. The van der Waals surface area contributed by atoms with Gasteiger partial charge in [-0.05, 0) is 19.4 Å². The average Bonchev–Trinajstić information content (AvgIpc) is 2.68. The van der Waals surface area contributed by atoms with E-state index in [9.17, 15) is 15.0 Å². The van der Waals surface area contributed by atoms with Crippen LogP contribution in [0.2, 0.25) is 0 Å². The van der Waals surface area contributed by atoms with Gasteiger partial charge in [-0.1, -0.05) is 6.92 Å². The molecule has 1 aliphatic heterocycles. The van der Waals surface area contributed by atoms with Gasteiger partial charge in [-0.15, -0.1) is 0 Å². The van der Waals surface area contributed by atoms with E-state index in [4.69, 9.17) is 4.74 Å². The molecule has 2 heterocycles. The zero-order valence-electron chi connectivity index (χ0n) is 13.2. The second-order valence-corrected chi connectivity index (χ2v) is 5.79. The lowest BCUT2D eigenvalue weighted by atomic mass is 9.95. The summed E-state index contributed by atoms with van der Waals surface area (Å²) in [5.41, 5.74) is -2.16. The van der Waals surface area contributed by atoms with E-state index < -0.39 is 29.7 Å². The summed E-state index contributed by atoms with van der Waals surface area (Å²) < 4.78 is 6.79. The van der Waals surface area contributed by atoms with Crippen LogP contribution in [0.3, 0.4) is 0 Å². The molecule has 1 fully saturated rings. The van der Waals surface area contributed by atoms with Crippen molar-refractivity contribution in [3.05, 3.63) is 22.7 Å². The van der Waals surface area contributed by atoms with Gasteiger partial charge in [-0.3, -0.25) is 4.57 Å². The van der Waals surface area contributed by atoms with Gasteiger partial charge in [-0.25, -0.2) is 9.79 Å². The van der Waals surface area contributed by atoms with E-state index in [0.717, 1.165) is 0 Å². The zero-order valence-corrected chi connectivity index (χ0v) is 13.2. The highest BCUT2D eigenvalue weighted by Gasteiger charge is 2.52. The summed E-state index contributed by atoms with van der Waals surface area (Å²) >= 11 is 0. The van der Waals surface area contributed by atoms with Gasteiger partial charge in [-0.2, -0.15) is 4.98 Å². The van der Waals surface area contributed by atoms with Gasteiger partial charge in [0, 0.05) is 20.3 Å². The number of hydrogen-bond donors (Lipinski definition) is 2. The number of nitrogens with zero attached hydrogens (tertiary/aromatic N) is 4. The Balaban J connectivity index is 2.32. The Labute approximate surface area is 128 Å². The van der Waals surface area contributed by atoms with Crippen LogP contribution in [0.5, 0.6) is 0 Å². The Kier molecular flexibility index (Phi) is 4.64. The van der Waals surface area contributed by atoms with Crippen LogP contribution in [0.15, 0.2) is 22.1 Å². The van der Waals surface area contributed by atoms with E-state index in [1.165, 1.54) is 24.0 Å². The third kappa shape index (κ3) is 3.03. The van der Waals surface area contributed by atoms with Crippen molar-refractivity contribution in [2.24, 2.45) is 4.99 Å². The van der Waals surface area contributed by atoms with Gasteiger partial charge in [0.15, 0.2) is 12.0 Å². The standard InChI is InChI=1S/C14H22N4O4/c1-5-9-11(19)14(2,21)12(22-9)18-7-6-10(16-13(18)20)15-8-17(3)4/h6-9,11-12,19,21H,5H2,1-4H3/t9-,11?,12-,14?/m1/s1. The Bertz CT molecular complexity index is 611. The topological polar surface area (TPSA) is 100 Å². The molecular formula is C14H22N4O4. The number of aliphatic hydroxyl groups is 2. The molecule has 0 radical (unpaired) electrons. The van der Waals surface area contributed by atoms with E-state index in [0.29, 0.717) is 6.42 Å². The summed E-state index contributed by atoms with van der Waals surface area (Å²) in [5, 5.41) is 20.5. The van der Waals surface area contributed by atoms with Crippen molar-refractivity contribution >= 4 is 12.2 Å². The molecule has 122 valence electrons. The first-order chi connectivity index (χ1) is 10.3. The van der Waals surface area contributed by atoms with Crippen LogP contribution in [-0.2, 0) is 4.74 Å². The fraction of sp³-hybridized carbons (Fsp3) is 0.643. The third-order valence-corrected chi connectivity index (χ3v) is 3.65. The minimum Gasteiger partial charge on any atom is -0.387 e. The quantitative estimate of drug-likeness (QED) is 0.594. The second kappa shape index (κ2) is 6.15. The summed E-state index contributed by atoms with van der Waals surface area (Å²) in [7, 11) is 3.61. The van der Waals surface area contributed by atoms with Crippen molar-refractivity contribution in [3.8, 4) is 0 Å². The van der Waals surface area contributed by atoms with Crippen LogP contribution >= 0.6 is 0 Å². The Morgan fingerprint density at radius 2 is 2.27 bits per heavy atom. The number of hydrogen-bond acceptors (Lipinski definition) is 6. The molecule has 22 heavy (non-hydrogen) atoms. The first-order valence-corrected chi connectivity index (χ1v) is 7.13. The molecule has 0 saturated carbocycles. The summed E-state index contributed by atoms with van der Waals surface area (Å²) in [5.74, 6) is 0.264.